The average molecular weight is 953 g/mol. The Morgan fingerprint density at radius 3 is 1.21 bits per heavy atom. The molecule has 3 N–H and O–H groups in total. The Balaban J connectivity index is 4.27. The van der Waals surface area contributed by atoms with Gasteiger partial charge in [0.2, 0.25) is 5.91 Å². The smallest absolute Gasteiger partial charge is 0.387 e. The first-order valence-corrected chi connectivity index (χ1v) is 29.9. The van der Waals surface area contributed by atoms with Crippen LogP contribution in [0.2, 0.25) is 0 Å². The topological polar surface area (TPSA) is 105 Å². The fraction of sp³-hybridized carbons (Fsp3) is 0.877. The number of aliphatic hydroxyl groups is 1. The Kier molecular flexibility index (Phi) is 47.8. The monoisotopic (exact) mass is 952 g/mol. The van der Waals surface area contributed by atoms with Crippen LogP contribution in [0.1, 0.15) is 271 Å². The van der Waals surface area contributed by atoms with Crippen LogP contribution < -0.4 is 5.32 Å². The molecule has 0 saturated heterocycles. The molecule has 0 aliphatic carbocycles. The van der Waals surface area contributed by atoms with Gasteiger partial charge in [0.15, 0.2) is 0 Å². The molecule has 0 fully saturated rings. The first kappa shape index (κ1) is 64.7. The van der Waals surface area contributed by atoms with Gasteiger partial charge in [-0.05, 0) is 44.9 Å². The number of quaternary nitrogens is 1. The van der Waals surface area contributed by atoms with E-state index >= 15 is 0 Å². The van der Waals surface area contributed by atoms with Gasteiger partial charge < -0.3 is 19.8 Å². The Labute approximate surface area is 410 Å². The van der Waals surface area contributed by atoms with Gasteiger partial charge in [-0.3, -0.25) is 13.8 Å². The molecule has 8 nitrogen and oxygen atoms in total. The van der Waals surface area contributed by atoms with E-state index in [0.717, 1.165) is 44.9 Å². The molecular weight excluding hydrogens is 840 g/mol. The Morgan fingerprint density at radius 1 is 0.500 bits per heavy atom. The van der Waals surface area contributed by atoms with E-state index in [2.05, 4.69) is 43.5 Å². The van der Waals surface area contributed by atoms with Gasteiger partial charge >= 0.3 is 7.82 Å². The van der Waals surface area contributed by atoms with Crippen molar-refractivity contribution in [1.29, 1.82) is 0 Å². The summed E-state index contributed by atoms with van der Waals surface area (Å²) < 4.78 is 23.7. The maximum Gasteiger partial charge on any atom is 0.472 e. The molecule has 0 rings (SSSR count). The summed E-state index contributed by atoms with van der Waals surface area (Å²) >= 11 is 0. The zero-order valence-electron chi connectivity index (χ0n) is 44.4. The van der Waals surface area contributed by atoms with E-state index in [4.69, 9.17) is 9.05 Å². The molecule has 0 bridgehead atoms. The van der Waals surface area contributed by atoms with Gasteiger partial charge in [-0.2, -0.15) is 0 Å². The van der Waals surface area contributed by atoms with E-state index in [1.54, 1.807) is 6.08 Å². The van der Waals surface area contributed by atoms with E-state index in [0.29, 0.717) is 17.4 Å². The first-order chi connectivity index (χ1) is 32.0. The lowest BCUT2D eigenvalue weighted by Crippen LogP contribution is -2.45. The molecular formula is C57H112N2O6P+. The summed E-state index contributed by atoms with van der Waals surface area (Å²) in [6.45, 7) is 4.82. The van der Waals surface area contributed by atoms with Crippen LogP contribution in [0.4, 0.5) is 0 Å². The molecule has 3 atom stereocenters. The Hall–Kier alpha value is -1.28. The highest BCUT2D eigenvalue weighted by molar-refractivity contribution is 7.47. The predicted molar refractivity (Wildman–Crippen MR) is 286 cm³/mol. The fourth-order valence-electron chi connectivity index (χ4n) is 8.37. The lowest BCUT2D eigenvalue weighted by atomic mass is 10.0. The van der Waals surface area contributed by atoms with Crippen LogP contribution in [0.15, 0.2) is 36.5 Å². The van der Waals surface area contributed by atoms with Crippen molar-refractivity contribution in [3.8, 4) is 0 Å². The van der Waals surface area contributed by atoms with Crippen molar-refractivity contribution in [3.05, 3.63) is 36.5 Å². The fourth-order valence-corrected chi connectivity index (χ4v) is 9.11. The number of amides is 1. The van der Waals surface area contributed by atoms with E-state index in [9.17, 15) is 19.4 Å². The maximum absolute atomic E-state index is 13.0. The second-order valence-electron chi connectivity index (χ2n) is 20.7. The van der Waals surface area contributed by atoms with Crippen LogP contribution in [-0.4, -0.2) is 73.4 Å². The van der Waals surface area contributed by atoms with E-state index in [1.807, 2.05) is 27.2 Å². The minimum atomic E-state index is -4.36. The third kappa shape index (κ3) is 50.6. The number of rotatable bonds is 52. The van der Waals surface area contributed by atoms with Crippen molar-refractivity contribution in [2.45, 2.75) is 283 Å². The maximum atomic E-state index is 13.0. The number of nitrogens with one attached hydrogen (secondary N) is 1. The van der Waals surface area contributed by atoms with Crippen molar-refractivity contribution >= 4 is 13.7 Å². The van der Waals surface area contributed by atoms with E-state index in [-0.39, 0.29) is 19.1 Å². The molecule has 1 amide bonds. The number of carbonyl (C=O) groups excluding carboxylic acids is 1. The molecule has 3 unspecified atom stereocenters. The van der Waals surface area contributed by atoms with Gasteiger partial charge in [0.25, 0.3) is 0 Å². The highest BCUT2D eigenvalue weighted by Gasteiger charge is 2.27. The van der Waals surface area contributed by atoms with E-state index < -0.39 is 20.0 Å². The highest BCUT2D eigenvalue weighted by atomic mass is 31.2. The second-order valence-corrected chi connectivity index (χ2v) is 22.1. The van der Waals surface area contributed by atoms with Crippen molar-refractivity contribution < 1.29 is 32.9 Å². The molecule has 0 aromatic rings. The van der Waals surface area contributed by atoms with Gasteiger partial charge in [-0.1, -0.05) is 256 Å². The molecule has 0 aliphatic heterocycles. The van der Waals surface area contributed by atoms with Gasteiger partial charge in [0.05, 0.1) is 39.9 Å². The van der Waals surface area contributed by atoms with Crippen molar-refractivity contribution in [2.75, 3.05) is 40.9 Å². The van der Waals surface area contributed by atoms with Gasteiger partial charge in [0.1, 0.15) is 13.2 Å². The molecule has 0 aliphatic rings. The number of allylic oxidation sites excluding steroid dienone is 5. The number of carbonyl (C=O) groups is 1. The number of likely N-dealkylation sites (N-methyl/N-ethyl adjacent to an activating group) is 1. The quantitative estimate of drug-likeness (QED) is 0.0243. The minimum absolute atomic E-state index is 0.0551. The third-order valence-electron chi connectivity index (χ3n) is 12.8. The summed E-state index contributed by atoms with van der Waals surface area (Å²) in [4.78, 5) is 23.3. The van der Waals surface area contributed by atoms with Crippen LogP contribution in [0.25, 0.3) is 0 Å². The summed E-state index contributed by atoms with van der Waals surface area (Å²) in [5.41, 5.74) is 0. The minimum Gasteiger partial charge on any atom is -0.387 e. The summed E-state index contributed by atoms with van der Waals surface area (Å²) in [6, 6.07) is -0.867. The zero-order valence-corrected chi connectivity index (χ0v) is 45.3. The molecule has 0 saturated carbocycles. The molecule has 0 heterocycles. The number of hydrogen-bond acceptors (Lipinski definition) is 5. The number of unbranched alkanes of at least 4 members (excludes halogenated alkanes) is 35. The van der Waals surface area contributed by atoms with Gasteiger partial charge in [-0.15, -0.1) is 0 Å². The summed E-state index contributed by atoms with van der Waals surface area (Å²) in [7, 11) is 1.56. The van der Waals surface area contributed by atoms with Crippen molar-refractivity contribution in [1.82, 2.24) is 5.32 Å². The number of phosphoric acid groups is 1. The van der Waals surface area contributed by atoms with E-state index in [1.165, 1.54) is 205 Å². The Bertz CT molecular complexity index is 1170. The zero-order chi connectivity index (χ0) is 48.5. The Morgan fingerprint density at radius 2 is 0.833 bits per heavy atom. The predicted octanol–water partition coefficient (Wildman–Crippen LogP) is 17.0. The van der Waals surface area contributed by atoms with Crippen LogP contribution in [0, 0.1) is 0 Å². The number of phosphoric ester groups is 1. The number of hydrogen-bond donors (Lipinski definition) is 3. The molecule has 66 heavy (non-hydrogen) atoms. The standard InChI is InChI=1S/C57H111N2O6P/c1-6-8-10-12-14-16-18-20-22-24-26-28-29-31-33-35-37-39-41-43-45-47-49-51-57(61)58-55(54-65-66(62,63)64-53-52-59(3,4)5)56(60)50-48-46-44-42-40-38-36-34-32-30-27-25-23-21-19-17-15-13-11-9-7-2/h32,34,40,42,48,50,55-56,60H,6-31,33,35-39,41,43-47,49,51-54H2,1-5H3,(H-,58,61,62,63)/p+1/b34-32+,42-40+,50-48+. The van der Waals surface area contributed by atoms with Crippen molar-refractivity contribution in [2.24, 2.45) is 0 Å². The normalized spacial score (nSPS) is 14.2. The van der Waals surface area contributed by atoms with Crippen LogP contribution in [0.3, 0.4) is 0 Å². The second kappa shape index (κ2) is 48.7. The van der Waals surface area contributed by atoms with Crippen LogP contribution in [-0.2, 0) is 18.4 Å². The molecule has 9 heteroatoms. The molecule has 390 valence electrons. The number of aliphatic hydroxyl groups excluding tert-OH is 1. The lowest BCUT2D eigenvalue weighted by molar-refractivity contribution is -0.870. The van der Waals surface area contributed by atoms with Gasteiger partial charge in [-0.25, -0.2) is 4.57 Å². The van der Waals surface area contributed by atoms with Crippen LogP contribution >= 0.6 is 7.82 Å². The van der Waals surface area contributed by atoms with Crippen molar-refractivity contribution in [3.63, 3.8) is 0 Å². The highest BCUT2D eigenvalue weighted by Crippen LogP contribution is 2.43. The molecule has 0 aromatic carbocycles. The summed E-state index contributed by atoms with van der Waals surface area (Å²) in [6.07, 6.45) is 62.5. The third-order valence-corrected chi connectivity index (χ3v) is 13.8. The van der Waals surface area contributed by atoms with Gasteiger partial charge in [0, 0.05) is 6.42 Å². The summed E-state index contributed by atoms with van der Waals surface area (Å²) in [5.74, 6) is -0.186. The van der Waals surface area contributed by atoms with Crippen LogP contribution in [0.5, 0.6) is 0 Å². The first-order valence-electron chi connectivity index (χ1n) is 28.4. The molecule has 0 radical (unpaired) electrons. The molecule has 0 spiro atoms. The number of nitrogens with zero attached hydrogens (tertiary/aromatic N) is 1. The SMILES string of the molecule is CCCCCCCCCCCCC/C=C/CC/C=C/CC/C=C/C(O)C(COP(=O)(O)OCC[N+](C)(C)C)NC(=O)CCCCCCCCCCCCCCCCCCCCCCCCC. The lowest BCUT2D eigenvalue weighted by Gasteiger charge is -2.25. The molecule has 0 aromatic heterocycles. The average Bonchev–Trinajstić information content (AvgIpc) is 3.28. The largest absolute Gasteiger partial charge is 0.472 e. The summed E-state index contributed by atoms with van der Waals surface area (Å²) in [5, 5.41) is 13.9.